The van der Waals surface area contributed by atoms with E-state index in [1.807, 2.05) is 48.2 Å². The molecule has 0 unspecified atom stereocenters. The van der Waals surface area contributed by atoms with Crippen molar-refractivity contribution in [1.29, 1.82) is 0 Å². The molecule has 6 heteroatoms. The Morgan fingerprint density at radius 3 is 2.37 bits per heavy atom. The lowest BCUT2D eigenvalue weighted by molar-refractivity contribution is -0.131. The summed E-state index contributed by atoms with van der Waals surface area (Å²) in [5.41, 5.74) is 2.49. The summed E-state index contributed by atoms with van der Waals surface area (Å²) in [5.74, 6) is 0.120. The smallest absolute Gasteiger partial charge is 0.255 e. The highest BCUT2D eigenvalue weighted by molar-refractivity contribution is 9.10. The van der Waals surface area contributed by atoms with Crippen molar-refractivity contribution < 1.29 is 9.59 Å². The van der Waals surface area contributed by atoms with E-state index in [2.05, 4.69) is 26.1 Å². The van der Waals surface area contributed by atoms with E-state index in [1.165, 1.54) is 0 Å². The van der Waals surface area contributed by atoms with Crippen LogP contribution < -0.4 is 10.2 Å². The highest BCUT2D eigenvalue weighted by Gasteiger charge is 2.20. The molecule has 5 nitrogen and oxygen atoms in total. The van der Waals surface area contributed by atoms with Gasteiger partial charge in [0.25, 0.3) is 5.91 Å². The van der Waals surface area contributed by atoms with Gasteiger partial charge in [-0.3, -0.25) is 9.59 Å². The number of piperazine rings is 1. The minimum atomic E-state index is -0.132. The van der Waals surface area contributed by atoms with Crippen molar-refractivity contribution in [1.82, 2.24) is 4.90 Å². The highest BCUT2D eigenvalue weighted by atomic mass is 79.9. The topological polar surface area (TPSA) is 52.7 Å². The van der Waals surface area contributed by atoms with E-state index in [0.717, 1.165) is 48.4 Å². The fourth-order valence-electron chi connectivity index (χ4n) is 3.17. The molecule has 1 aliphatic rings. The van der Waals surface area contributed by atoms with Gasteiger partial charge in [-0.2, -0.15) is 0 Å². The summed E-state index contributed by atoms with van der Waals surface area (Å²) in [6.45, 7) is 5.23. The van der Waals surface area contributed by atoms with Crippen LogP contribution in [0.25, 0.3) is 0 Å². The maximum absolute atomic E-state index is 12.3. The standard InChI is InChI=1S/C21H24BrN3O2/c1-2-4-20(26)25-13-11-24(12-14-25)19-9-7-18(8-10-19)23-21(27)16-5-3-6-17(22)15-16/h3,5-10,15H,2,4,11-14H2,1H3,(H,23,27). The van der Waals surface area contributed by atoms with Crippen LogP contribution in [0.4, 0.5) is 11.4 Å². The van der Waals surface area contributed by atoms with Gasteiger partial charge in [0.1, 0.15) is 0 Å². The van der Waals surface area contributed by atoms with E-state index in [-0.39, 0.29) is 11.8 Å². The number of amides is 2. The first-order valence-electron chi connectivity index (χ1n) is 9.26. The van der Waals surface area contributed by atoms with Crippen molar-refractivity contribution in [2.45, 2.75) is 19.8 Å². The summed E-state index contributed by atoms with van der Waals surface area (Å²) in [6, 6.07) is 15.2. The van der Waals surface area contributed by atoms with Crippen LogP contribution in [0.5, 0.6) is 0 Å². The maximum atomic E-state index is 12.3. The summed E-state index contributed by atoms with van der Waals surface area (Å²) in [5, 5.41) is 2.92. The van der Waals surface area contributed by atoms with Gasteiger partial charge < -0.3 is 15.1 Å². The van der Waals surface area contributed by atoms with Crippen LogP contribution in [0.1, 0.15) is 30.1 Å². The van der Waals surface area contributed by atoms with Gasteiger partial charge in [-0.25, -0.2) is 0 Å². The second-order valence-electron chi connectivity index (χ2n) is 6.63. The summed E-state index contributed by atoms with van der Waals surface area (Å²) >= 11 is 3.38. The van der Waals surface area contributed by atoms with Crippen LogP contribution in [0.15, 0.2) is 53.0 Å². The van der Waals surface area contributed by atoms with Gasteiger partial charge in [0.15, 0.2) is 0 Å². The average Bonchev–Trinajstić information content (AvgIpc) is 2.69. The monoisotopic (exact) mass is 429 g/mol. The number of anilines is 2. The van der Waals surface area contributed by atoms with Crippen LogP contribution in [0, 0.1) is 0 Å². The van der Waals surface area contributed by atoms with Gasteiger partial charge in [-0.1, -0.05) is 28.9 Å². The molecule has 0 aromatic heterocycles. The number of benzene rings is 2. The second kappa shape index (κ2) is 9.04. The molecular weight excluding hydrogens is 406 g/mol. The zero-order valence-corrected chi connectivity index (χ0v) is 17.0. The lowest BCUT2D eigenvalue weighted by atomic mass is 10.2. The van der Waals surface area contributed by atoms with Crippen molar-refractivity contribution in [2.75, 3.05) is 36.4 Å². The largest absolute Gasteiger partial charge is 0.368 e. The average molecular weight is 430 g/mol. The molecule has 2 aromatic carbocycles. The summed E-state index contributed by atoms with van der Waals surface area (Å²) in [4.78, 5) is 28.5. The van der Waals surface area contributed by atoms with Crippen molar-refractivity contribution >= 4 is 39.1 Å². The molecular formula is C21H24BrN3O2. The zero-order chi connectivity index (χ0) is 19.2. The number of nitrogens with one attached hydrogen (secondary N) is 1. The van der Waals surface area contributed by atoms with Gasteiger partial charge in [-0.15, -0.1) is 0 Å². The quantitative estimate of drug-likeness (QED) is 0.776. The fourth-order valence-corrected chi connectivity index (χ4v) is 3.57. The number of hydrogen-bond donors (Lipinski definition) is 1. The Morgan fingerprint density at radius 2 is 1.74 bits per heavy atom. The number of nitrogens with zero attached hydrogens (tertiary/aromatic N) is 2. The molecule has 2 aromatic rings. The minimum Gasteiger partial charge on any atom is -0.368 e. The van der Waals surface area contributed by atoms with E-state index < -0.39 is 0 Å². The van der Waals surface area contributed by atoms with Gasteiger partial charge >= 0.3 is 0 Å². The van der Waals surface area contributed by atoms with Gasteiger partial charge in [0.05, 0.1) is 0 Å². The first-order valence-corrected chi connectivity index (χ1v) is 10.1. The molecule has 1 saturated heterocycles. The van der Waals surface area contributed by atoms with Crippen molar-refractivity contribution in [3.05, 3.63) is 58.6 Å². The van der Waals surface area contributed by atoms with E-state index in [0.29, 0.717) is 12.0 Å². The molecule has 1 fully saturated rings. The Balaban J connectivity index is 1.56. The van der Waals surface area contributed by atoms with Crippen molar-refractivity contribution in [2.24, 2.45) is 0 Å². The van der Waals surface area contributed by atoms with Gasteiger partial charge in [0.2, 0.25) is 5.91 Å². The first-order chi connectivity index (χ1) is 13.1. The molecule has 0 spiro atoms. The molecule has 0 atom stereocenters. The van der Waals surface area contributed by atoms with E-state index in [9.17, 15) is 9.59 Å². The molecule has 0 bridgehead atoms. The molecule has 1 N–H and O–H groups in total. The van der Waals surface area contributed by atoms with E-state index >= 15 is 0 Å². The minimum absolute atomic E-state index is 0.132. The van der Waals surface area contributed by atoms with Crippen molar-refractivity contribution in [3.8, 4) is 0 Å². The van der Waals surface area contributed by atoms with E-state index in [4.69, 9.17) is 0 Å². The molecule has 1 aliphatic heterocycles. The summed E-state index contributed by atoms with van der Waals surface area (Å²) in [7, 11) is 0. The van der Waals surface area contributed by atoms with Crippen LogP contribution in [0.3, 0.4) is 0 Å². The second-order valence-corrected chi connectivity index (χ2v) is 7.54. The number of carbonyl (C=O) groups is 2. The van der Waals surface area contributed by atoms with Gasteiger partial charge in [0, 0.05) is 54.0 Å². The summed E-state index contributed by atoms with van der Waals surface area (Å²) < 4.78 is 0.877. The third-order valence-electron chi connectivity index (χ3n) is 4.67. The molecule has 0 radical (unpaired) electrons. The Bertz CT molecular complexity index is 799. The Kier molecular flexibility index (Phi) is 6.50. The Hall–Kier alpha value is -2.34. The molecule has 0 saturated carbocycles. The molecule has 2 amide bonds. The van der Waals surface area contributed by atoms with Gasteiger partial charge in [-0.05, 0) is 48.9 Å². The number of carbonyl (C=O) groups excluding carboxylic acids is 2. The van der Waals surface area contributed by atoms with Crippen molar-refractivity contribution in [3.63, 3.8) is 0 Å². The highest BCUT2D eigenvalue weighted by Crippen LogP contribution is 2.21. The fraction of sp³-hybridized carbons (Fsp3) is 0.333. The zero-order valence-electron chi connectivity index (χ0n) is 15.5. The third kappa shape index (κ3) is 5.10. The molecule has 1 heterocycles. The lowest BCUT2D eigenvalue weighted by Gasteiger charge is -2.36. The Morgan fingerprint density at radius 1 is 1.04 bits per heavy atom. The molecule has 3 rings (SSSR count). The Labute approximate surface area is 168 Å². The molecule has 27 heavy (non-hydrogen) atoms. The predicted octanol–water partition coefficient (Wildman–Crippen LogP) is 4.15. The van der Waals surface area contributed by atoms with Crippen LogP contribution >= 0.6 is 15.9 Å². The number of hydrogen-bond acceptors (Lipinski definition) is 3. The normalized spacial score (nSPS) is 14.1. The van der Waals surface area contributed by atoms with Crippen LogP contribution in [-0.2, 0) is 4.79 Å². The number of halogens is 1. The lowest BCUT2D eigenvalue weighted by Crippen LogP contribution is -2.48. The molecule has 142 valence electrons. The third-order valence-corrected chi connectivity index (χ3v) is 5.17. The van der Waals surface area contributed by atoms with Crippen LogP contribution in [-0.4, -0.2) is 42.9 Å². The summed E-state index contributed by atoms with van der Waals surface area (Å²) in [6.07, 6.45) is 1.53. The van der Waals surface area contributed by atoms with Crippen LogP contribution in [0.2, 0.25) is 0 Å². The first kappa shape index (κ1) is 19.4. The van der Waals surface area contributed by atoms with E-state index in [1.54, 1.807) is 12.1 Å². The SMILES string of the molecule is CCCC(=O)N1CCN(c2ccc(NC(=O)c3cccc(Br)c3)cc2)CC1. The molecule has 0 aliphatic carbocycles. The maximum Gasteiger partial charge on any atom is 0.255 e. The number of rotatable bonds is 5. The predicted molar refractivity (Wildman–Crippen MR) is 112 cm³/mol.